The molecule has 1 aliphatic rings. The summed E-state index contributed by atoms with van der Waals surface area (Å²) < 4.78 is 41.8. The smallest absolute Gasteiger partial charge is 0.303 e. The van der Waals surface area contributed by atoms with E-state index in [1.807, 2.05) is 19.1 Å². The van der Waals surface area contributed by atoms with E-state index in [0.717, 1.165) is 29.5 Å². The molecule has 1 aliphatic carbocycles. The first-order chi connectivity index (χ1) is 17.6. The van der Waals surface area contributed by atoms with Crippen molar-refractivity contribution in [3.63, 3.8) is 0 Å². The van der Waals surface area contributed by atoms with Crippen LogP contribution in [0.5, 0.6) is 11.5 Å². The van der Waals surface area contributed by atoms with Crippen LogP contribution in [-0.4, -0.2) is 18.2 Å². The molecule has 1 atom stereocenters. The Labute approximate surface area is 216 Å². The minimum Gasteiger partial charge on any atom is -0.497 e. The van der Waals surface area contributed by atoms with Gasteiger partial charge >= 0.3 is 5.97 Å². The Morgan fingerprint density at radius 2 is 1.78 bits per heavy atom. The summed E-state index contributed by atoms with van der Waals surface area (Å²) in [4.78, 5) is 11.2. The number of carboxylic acid groups (broad SMARTS) is 1. The molecule has 0 amide bonds. The van der Waals surface area contributed by atoms with Crippen LogP contribution in [-0.2, 0) is 11.4 Å². The largest absolute Gasteiger partial charge is 0.497 e. The van der Waals surface area contributed by atoms with E-state index < -0.39 is 17.6 Å². The molecular formula is C31H32F2O4. The Morgan fingerprint density at radius 3 is 2.46 bits per heavy atom. The van der Waals surface area contributed by atoms with Crippen molar-refractivity contribution in [3.05, 3.63) is 89.0 Å². The predicted octanol–water partition coefficient (Wildman–Crippen LogP) is 8.00. The molecule has 0 fully saturated rings. The summed E-state index contributed by atoms with van der Waals surface area (Å²) in [6, 6.07) is 14.8. The second-order valence-electron chi connectivity index (χ2n) is 10.2. The van der Waals surface area contributed by atoms with Gasteiger partial charge in [0.25, 0.3) is 0 Å². The topological polar surface area (TPSA) is 55.8 Å². The van der Waals surface area contributed by atoms with Gasteiger partial charge in [0.2, 0.25) is 0 Å². The van der Waals surface area contributed by atoms with Crippen LogP contribution in [0.2, 0.25) is 0 Å². The molecule has 0 spiro atoms. The molecule has 0 radical (unpaired) electrons. The van der Waals surface area contributed by atoms with E-state index in [9.17, 15) is 14.3 Å². The Morgan fingerprint density at radius 1 is 1.03 bits per heavy atom. The summed E-state index contributed by atoms with van der Waals surface area (Å²) in [6.45, 7) is 6.04. The van der Waals surface area contributed by atoms with Crippen molar-refractivity contribution in [2.45, 2.75) is 52.6 Å². The lowest BCUT2D eigenvalue weighted by atomic mass is 9.79. The number of allylic oxidation sites excluding steroid dienone is 2. The van der Waals surface area contributed by atoms with Gasteiger partial charge in [-0.2, -0.15) is 0 Å². The van der Waals surface area contributed by atoms with Crippen LogP contribution in [0.15, 0.2) is 60.7 Å². The zero-order valence-corrected chi connectivity index (χ0v) is 21.6. The summed E-state index contributed by atoms with van der Waals surface area (Å²) >= 11 is 0. The number of carboxylic acids is 1. The normalized spacial score (nSPS) is 15.2. The number of rotatable bonds is 9. The van der Waals surface area contributed by atoms with Crippen LogP contribution >= 0.6 is 0 Å². The van der Waals surface area contributed by atoms with Crippen molar-refractivity contribution in [2.75, 3.05) is 7.11 Å². The van der Waals surface area contributed by atoms with E-state index in [2.05, 4.69) is 19.9 Å². The Kier molecular flexibility index (Phi) is 7.67. The Bertz CT molecular complexity index is 1340. The highest BCUT2D eigenvalue weighted by Crippen LogP contribution is 2.48. The van der Waals surface area contributed by atoms with Gasteiger partial charge in [0.05, 0.1) is 13.5 Å². The molecule has 3 aromatic carbocycles. The maximum absolute atomic E-state index is 15.5. The Hall–Kier alpha value is -3.67. The zero-order valence-electron chi connectivity index (χ0n) is 21.6. The molecule has 194 valence electrons. The molecule has 1 N–H and O–H groups in total. The highest BCUT2D eigenvalue weighted by molar-refractivity contribution is 5.85. The van der Waals surface area contributed by atoms with Gasteiger partial charge in [0, 0.05) is 11.1 Å². The number of hydrogen-bond donors (Lipinski definition) is 1. The van der Waals surface area contributed by atoms with Crippen LogP contribution in [0.4, 0.5) is 8.78 Å². The molecule has 0 saturated heterocycles. The number of methoxy groups -OCH3 is 1. The molecule has 4 nitrogen and oxygen atoms in total. The van der Waals surface area contributed by atoms with E-state index >= 15 is 4.39 Å². The molecule has 0 aliphatic heterocycles. The number of para-hydroxylation sites is 1. The number of aliphatic carboxylic acids is 1. The van der Waals surface area contributed by atoms with Crippen LogP contribution in [0.25, 0.3) is 16.7 Å². The van der Waals surface area contributed by atoms with Gasteiger partial charge in [-0.25, -0.2) is 8.78 Å². The van der Waals surface area contributed by atoms with E-state index in [1.165, 1.54) is 19.2 Å². The molecule has 0 aromatic heterocycles. The summed E-state index contributed by atoms with van der Waals surface area (Å²) in [5.41, 5.74) is 3.49. The number of hydrogen-bond acceptors (Lipinski definition) is 3. The third-order valence-electron chi connectivity index (χ3n) is 7.10. The van der Waals surface area contributed by atoms with E-state index in [4.69, 9.17) is 9.47 Å². The van der Waals surface area contributed by atoms with Crippen molar-refractivity contribution in [1.82, 2.24) is 0 Å². The quantitative estimate of drug-likeness (QED) is 0.319. The van der Waals surface area contributed by atoms with Crippen molar-refractivity contribution in [3.8, 4) is 22.6 Å². The first-order valence-electron chi connectivity index (χ1n) is 12.4. The zero-order chi connectivity index (χ0) is 26.7. The molecule has 3 aromatic rings. The average molecular weight is 507 g/mol. The number of ether oxygens (including phenoxy) is 2. The van der Waals surface area contributed by atoms with E-state index in [0.29, 0.717) is 22.6 Å². The lowest BCUT2D eigenvalue weighted by Crippen LogP contribution is -2.11. The second-order valence-corrected chi connectivity index (χ2v) is 10.2. The monoisotopic (exact) mass is 506 g/mol. The fraction of sp³-hybridized carbons (Fsp3) is 0.323. The first-order valence-corrected chi connectivity index (χ1v) is 12.4. The standard InChI is InChI=1S/C31H32F2O4/c1-19(14-30(34)35)22-8-5-6-10-29(22)37-18-20-15-24(26-9-7-13-31(26,2)3)23(17-28(20)33)25-16-21(36-4)11-12-27(25)32/h5-6,8-12,15-17,19H,7,13-14,18H2,1-4H3,(H,34,35). The van der Waals surface area contributed by atoms with E-state index in [1.54, 1.807) is 30.3 Å². The molecular weight excluding hydrogens is 474 g/mol. The first kappa shape index (κ1) is 26.4. The Balaban J connectivity index is 1.75. The SMILES string of the molecule is COc1ccc(F)c(-c2cc(F)c(COc3ccccc3C(C)CC(=O)O)cc2C2=CCCC2(C)C)c1. The maximum Gasteiger partial charge on any atom is 0.303 e. The second kappa shape index (κ2) is 10.8. The number of carbonyl (C=O) groups is 1. The lowest BCUT2D eigenvalue weighted by molar-refractivity contribution is -0.137. The molecule has 6 heteroatoms. The fourth-order valence-electron chi connectivity index (χ4n) is 5.02. The van der Waals surface area contributed by atoms with Gasteiger partial charge in [-0.3, -0.25) is 4.79 Å². The van der Waals surface area contributed by atoms with Gasteiger partial charge < -0.3 is 14.6 Å². The minimum atomic E-state index is -0.897. The summed E-state index contributed by atoms with van der Waals surface area (Å²) in [5.74, 6) is -1.12. The molecule has 0 saturated carbocycles. The predicted molar refractivity (Wildman–Crippen MR) is 141 cm³/mol. The molecule has 37 heavy (non-hydrogen) atoms. The van der Waals surface area contributed by atoms with Gasteiger partial charge in [0.1, 0.15) is 29.7 Å². The summed E-state index contributed by atoms with van der Waals surface area (Å²) in [5, 5.41) is 9.20. The number of halogens is 2. The summed E-state index contributed by atoms with van der Waals surface area (Å²) in [7, 11) is 1.51. The number of benzene rings is 3. The van der Waals surface area contributed by atoms with E-state index in [-0.39, 0.29) is 29.9 Å². The summed E-state index contributed by atoms with van der Waals surface area (Å²) in [6.07, 6.45) is 3.94. The highest BCUT2D eigenvalue weighted by Gasteiger charge is 2.31. The van der Waals surface area contributed by atoms with Gasteiger partial charge in [-0.1, -0.05) is 45.0 Å². The van der Waals surface area contributed by atoms with Crippen molar-refractivity contribution in [2.24, 2.45) is 5.41 Å². The van der Waals surface area contributed by atoms with Crippen molar-refractivity contribution in [1.29, 1.82) is 0 Å². The minimum absolute atomic E-state index is 0.0388. The molecule has 1 unspecified atom stereocenters. The third-order valence-corrected chi connectivity index (χ3v) is 7.10. The van der Waals surface area contributed by atoms with Crippen molar-refractivity contribution < 1.29 is 28.2 Å². The van der Waals surface area contributed by atoms with Crippen molar-refractivity contribution >= 4 is 11.5 Å². The van der Waals surface area contributed by atoms with Crippen LogP contribution in [0.3, 0.4) is 0 Å². The van der Waals surface area contributed by atoms with Crippen LogP contribution in [0.1, 0.15) is 62.6 Å². The third kappa shape index (κ3) is 5.68. The highest BCUT2D eigenvalue weighted by atomic mass is 19.1. The lowest BCUT2D eigenvalue weighted by Gasteiger charge is -2.26. The molecule has 0 bridgehead atoms. The van der Waals surface area contributed by atoms with Gasteiger partial charge in [0.15, 0.2) is 0 Å². The fourth-order valence-corrected chi connectivity index (χ4v) is 5.02. The van der Waals surface area contributed by atoms with Crippen LogP contribution < -0.4 is 9.47 Å². The van der Waals surface area contributed by atoms with Gasteiger partial charge in [-0.05, 0) is 82.8 Å². The van der Waals surface area contributed by atoms with Gasteiger partial charge in [-0.15, -0.1) is 0 Å². The molecule has 0 heterocycles. The maximum atomic E-state index is 15.5. The average Bonchev–Trinajstić information content (AvgIpc) is 3.22. The molecule has 4 rings (SSSR count). The van der Waals surface area contributed by atoms with Crippen LogP contribution in [0, 0.1) is 17.0 Å².